The van der Waals surface area contributed by atoms with Gasteiger partial charge in [0.25, 0.3) is 0 Å². The normalized spacial score (nSPS) is 18.3. The minimum Gasteiger partial charge on any atom is -0.484 e. The maximum Gasteiger partial charge on any atom is 0.410 e. The van der Waals surface area contributed by atoms with Crippen LogP contribution in [0.15, 0.2) is 42.5 Å². The summed E-state index contributed by atoms with van der Waals surface area (Å²) in [5.41, 5.74) is 0.894. The van der Waals surface area contributed by atoms with E-state index in [-0.39, 0.29) is 24.1 Å². The fraction of sp³-hybridized carbons (Fsp3) is 0.480. The quantitative estimate of drug-likeness (QED) is 0.439. The second-order valence-electron chi connectivity index (χ2n) is 9.35. The number of rotatable bonds is 5. The molecule has 1 heterocycles. The summed E-state index contributed by atoms with van der Waals surface area (Å²) in [6.07, 6.45) is -0.609. The van der Waals surface area contributed by atoms with Gasteiger partial charge in [-0.15, -0.1) is 0 Å². The van der Waals surface area contributed by atoms with Gasteiger partial charge in [0.2, 0.25) is 0 Å². The molecule has 0 bridgehead atoms. The third-order valence-corrected chi connectivity index (χ3v) is 6.14. The molecule has 3 rings (SSSR count). The van der Waals surface area contributed by atoms with Crippen LogP contribution in [0.4, 0.5) is 9.18 Å². The summed E-state index contributed by atoms with van der Waals surface area (Å²) in [5, 5.41) is 0. The molecule has 2 atom stereocenters. The minimum atomic E-state index is -0.518. The Morgan fingerprint density at radius 1 is 1.19 bits per heavy atom. The van der Waals surface area contributed by atoms with Crippen molar-refractivity contribution >= 4 is 28.7 Å². The van der Waals surface area contributed by atoms with Crippen molar-refractivity contribution in [2.45, 2.75) is 52.4 Å². The van der Waals surface area contributed by atoms with Crippen LogP contribution in [0.5, 0.6) is 5.75 Å². The second kappa shape index (κ2) is 10.4. The highest BCUT2D eigenvalue weighted by Crippen LogP contribution is 2.26. The maximum atomic E-state index is 14.3. The van der Waals surface area contributed by atoms with E-state index in [1.54, 1.807) is 24.0 Å². The van der Waals surface area contributed by atoms with E-state index in [0.717, 1.165) is 14.9 Å². The van der Waals surface area contributed by atoms with Crippen molar-refractivity contribution < 1.29 is 18.7 Å². The molecule has 1 saturated heterocycles. The van der Waals surface area contributed by atoms with Crippen LogP contribution in [-0.2, 0) is 4.74 Å². The lowest BCUT2D eigenvalue weighted by atomic mass is 10.0. The van der Waals surface area contributed by atoms with E-state index >= 15 is 0 Å². The van der Waals surface area contributed by atoms with Crippen molar-refractivity contribution in [1.82, 2.24) is 9.80 Å². The first-order valence-corrected chi connectivity index (χ1v) is 12.0. The molecule has 0 saturated carbocycles. The molecule has 0 N–H and O–H groups in total. The van der Waals surface area contributed by atoms with Crippen LogP contribution < -0.4 is 4.74 Å². The smallest absolute Gasteiger partial charge is 0.410 e. The lowest BCUT2D eigenvalue weighted by molar-refractivity contribution is -0.00299. The Bertz CT molecular complexity index is 930. The van der Waals surface area contributed by atoms with Crippen molar-refractivity contribution in [2.24, 2.45) is 0 Å². The Morgan fingerprint density at radius 3 is 2.47 bits per heavy atom. The molecular weight excluding hydrogens is 522 g/mol. The molecule has 174 valence electrons. The number of ether oxygens (including phenoxy) is 2. The molecule has 0 radical (unpaired) electrons. The van der Waals surface area contributed by atoms with Crippen LogP contribution in [0, 0.1) is 16.3 Å². The number of hydrogen-bond acceptors (Lipinski definition) is 4. The van der Waals surface area contributed by atoms with E-state index in [9.17, 15) is 9.18 Å². The zero-order valence-electron chi connectivity index (χ0n) is 19.4. The number of carbonyl (C=O) groups is 1. The Morgan fingerprint density at radius 2 is 1.88 bits per heavy atom. The number of aryl methyl sites for hydroxylation is 1. The summed E-state index contributed by atoms with van der Waals surface area (Å²) < 4.78 is 27.3. The highest BCUT2D eigenvalue weighted by atomic mass is 127. The SMILES string of the molecule is Cc1ccc([C@@H](CN2CCN(C(=O)OC(C)(C)C)[C@H](C)C2)Oc2ccc(I)cc2)cc1F. The number of nitrogens with zero attached hydrogens (tertiary/aromatic N) is 2. The molecule has 1 fully saturated rings. The zero-order chi connectivity index (χ0) is 23.5. The number of amides is 1. The Balaban J connectivity index is 1.72. The summed E-state index contributed by atoms with van der Waals surface area (Å²) in [6.45, 7) is 12.0. The van der Waals surface area contributed by atoms with Gasteiger partial charge in [-0.3, -0.25) is 4.90 Å². The average Bonchev–Trinajstić information content (AvgIpc) is 2.70. The van der Waals surface area contributed by atoms with Gasteiger partial charge < -0.3 is 14.4 Å². The number of halogens is 2. The van der Waals surface area contributed by atoms with Gasteiger partial charge in [-0.25, -0.2) is 9.18 Å². The molecule has 1 aliphatic heterocycles. The lowest BCUT2D eigenvalue weighted by Gasteiger charge is -2.41. The fourth-order valence-corrected chi connectivity index (χ4v) is 4.08. The summed E-state index contributed by atoms with van der Waals surface area (Å²) in [4.78, 5) is 16.6. The van der Waals surface area contributed by atoms with E-state index in [0.29, 0.717) is 31.7 Å². The summed E-state index contributed by atoms with van der Waals surface area (Å²) in [7, 11) is 0. The molecule has 2 aromatic rings. The number of hydrogen-bond donors (Lipinski definition) is 0. The Hall–Kier alpha value is -1.87. The van der Waals surface area contributed by atoms with Gasteiger partial charge in [0.05, 0.1) is 0 Å². The third-order valence-electron chi connectivity index (χ3n) is 5.42. The lowest BCUT2D eigenvalue weighted by Crippen LogP contribution is -2.55. The third kappa shape index (κ3) is 6.81. The Kier molecular flexibility index (Phi) is 8.03. The van der Waals surface area contributed by atoms with Gasteiger partial charge in [0, 0.05) is 35.8 Å². The van der Waals surface area contributed by atoms with E-state index in [1.807, 2.05) is 58.0 Å². The average molecular weight is 554 g/mol. The van der Waals surface area contributed by atoms with E-state index in [4.69, 9.17) is 9.47 Å². The summed E-state index contributed by atoms with van der Waals surface area (Å²) in [6, 6.07) is 13.1. The topological polar surface area (TPSA) is 42.0 Å². The predicted molar refractivity (Wildman–Crippen MR) is 133 cm³/mol. The standard InChI is InChI=1S/C25H32FIN2O3/c1-17-6-7-19(14-22(17)26)23(31-21-10-8-20(27)9-11-21)16-28-12-13-29(18(2)15-28)24(30)32-25(3,4)5/h6-11,14,18,23H,12-13,15-16H2,1-5H3/t18-,23-/m1/s1. The molecule has 5 nitrogen and oxygen atoms in total. The van der Waals surface area contributed by atoms with Gasteiger partial charge in [-0.05, 0) is 98.7 Å². The summed E-state index contributed by atoms with van der Waals surface area (Å²) in [5.74, 6) is 0.513. The predicted octanol–water partition coefficient (Wildman–Crippen LogP) is 5.80. The molecular formula is C25H32FIN2O3. The van der Waals surface area contributed by atoms with Gasteiger partial charge in [-0.2, -0.15) is 0 Å². The van der Waals surface area contributed by atoms with Crippen molar-refractivity contribution in [3.63, 3.8) is 0 Å². The highest BCUT2D eigenvalue weighted by molar-refractivity contribution is 14.1. The second-order valence-corrected chi connectivity index (χ2v) is 10.6. The van der Waals surface area contributed by atoms with Crippen molar-refractivity contribution in [2.75, 3.05) is 26.2 Å². The molecule has 2 aromatic carbocycles. The molecule has 7 heteroatoms. The molecule has 32 heavy (non-hydrogen) atoms. The van der Waals surface area contributed by atoms with Crippen molar-refractivity contribution in [3.05, 3.63) is 63.0 Å². The van der Waals surface area contributed by atoms with Gasteiger partial charge >= 0.3 is 6.09 Å². The summed E-state index contributed by atoms with van der Waals surface area (Å²) >= 11 is 2.26. The monoisotopic (exact) mass is 554 g/mol. The minimum absolute atomic E-state index is 0.00677. The maximum absolute atomic E-state index is 14.3. The van der Waals surface area contributed by atoms with Crippen LogP contribution in [0.1, 0.15) is 44.9 Å². The first-order valence-electron chi connectivity index (χ1n) is 10.9. The Labute approximate surface area is 204 Å². The van der Waals surface area contributed by atoms with Gasteiger partial charge in [0.1, 0.15) is 23.3 Å². The molecule has 0 aromatic heterocycles. The molecule has 0 spiro atoms. The molecule has 0 unspecified atom stereocenters. The van der Waals surface area contributed by atoms with Crippen LogP contribution in [0.3, 0.4) is 0 Å². The highest BCUT2D eigenvalue weighted by Gasteiger charge is 2.32. The zero-order valence-corrected chi connectivity index (χ0v) is 21.6. The first kappa shape index (κ1) is 24.8. The van der Waals surface area contributed by atoms with E-state index in [1.165, 1.54) is 0 Å². The van der Waals surface area contributed by atoms with Crippen molar-refractivity contribution in [1.29, 1.82) is 0 Å². The fourth-order valence-electron chi connectivity index (χ4n) is 3.72. The van der Waals surface area contributed by atoms with Crippen LogP contribution in [0.25, 0.3) is 0 Å². The van der Waals surface area contributed by atoms with Crippen LogP contribution >= 0.6 is 22.6 Å². The number of benzene rings is 2. The number of carbonyl (C=O) groups excluding carboxylic acids is 1. The van der Waals surface area contributed by atoms with Crippen LogP contribution in [0.2, 0.25) is 0 Å². The van der Waals surface area contributed by atoms with Gasteiger partial charge in [0.15, 0.2) is 0 Å². The molecule has 1 amide bonds. The van der Waals surface area contributed by atoms with Crippen molar-refractivity contribution in [3.8, 4) is 5.75 Å². The van der Waals surface area contributed by atoms with E-state index < -0.39 is 5.60 Å². The number of piperazine rings is 1. The van der Waals surface area contributed by atoms with Crippen LogP contribution in [-0.4, -0.2) is 53.7 Å². The largest absolute Gasteiger partial charge is 0.484 e. The van der Waals surface area contributed by atoms with Gasteiger partial charge in [-0.1, -0.05) is 12.1 Å². The molecule has 0 aliphatic carbocycles. The van der Waals surface area contributed by atoms with E-state index in [2.05, 4.69) is 27.5 Å². The first-order chi connectivity index (χ1) is 15.0. The molecule has 1 aliphatic rings.